The number of hydrogen-bond donors (Lipinski definition) is 1. The van der Waals surface area contributed by atoms with Crippen LogP contribution in [0.4, 0.5) is 0 Å². The van der Waals surface area contributed by atoms with Gasteiger partial charge in [-0.05, 0) is 39.2 Å². The number of nitrogens with one attached hydrogen (secondary N) is 1. The molecule has 3 aromatic rings. The Kier molecular flexibility index (Phi) is 5.78. The molecule has 0 aliphatic heterocycles. The van der Waals surface area contributed by atoms with Crippen molar-refractivity contribution in [1.29, 1.82) is 0 Å². The van der Waals surface area contributed by atoms with E-state index >= 15 is 0 Å². The molecule has 0 atom stereocenters. The van der Waals surface area contributed by atoms with Crippen LogP contribution in [0.15, 0.2) is 74.8 Å². The first-order valence-electron chi connectivity index (χ1n) is 7.47. The van der Waals surface area contributed by atoms with Gasteiger partial charge in [-0.25, -0.2) is 5.43 Å². The van der Waals surface area contributed by atoms with Gasteiger partial charge in [-0.3, -0.25) is 9.48 Å². The number of benzene rings is 2. The number of rotatable bonds is 5. The van der Waals surface area contributed by atoms with Gasteiger partial charge in [0, 0.05) is 10.7 Å². The lowest BCUT2D eigenvalue weighted by atomic mass is 10.2. The molecule has 7 heteroatoms. The summed E-state index contributed by atoms with van der Waals surface area (Å²) in [6.45, 7) is 0.576. The van der Waals surface area contributed by atoms with Crippen LogP contribution in [0.3, 0.4) is 0 Å². The Balaban J connectivity index is 1.66. The van der Waals surface area contributed by atoms with E-state index < -0.39 is 0 Å². The number of aromatic nitrogens is 2. The molecule has 0 saturated heterocycles. The summed E-state index contributed by atoms with van der Waals surface area (Å²) in [5.74, 6) is -0.367. The second-order valence-electron chi connectivity index (χ2n) is 5.26. The summed E-state index contributed by atoms with van der Waals surface area (Å²) in [6, 6.07) is 17.5. The summed E-state index contributed by atoms with van der Waals surface area (Å²) in [7, 11) is 0. The number of amides is 1. The number of hydrazone groups is 1. The van der Waals surface area contributed by atoms with Gasteiger partial charge in [0.15, 0.2) is 5.69 Å². The van der Waals surface area contributed by atoms with E-state index in [0.717, 1.165) is 15.6 Å². The minimum absolute atomic E-state index is 0.294. The predicted molar refractivity (Wildman–Crippen MR) is 105 cm³/mol. The van der Waals surface area contributed by atoms with Crippen molar-refractivity contribution in [2.75, 3.05) is 0 Å². The molecule has 25 heavy (non-hydrogen) atoms. The SMILES string of the molecule is O=C(N/N=C\c1ccccc1)c1nn(Cc2ccc(Br)cc2)cc1Br. The zero-order chi connectivity index (χ0) is 17.6. The maximum atomic E-state index is 12.2. The molecule has 1 amide bonds. The van der Waals surface area contributed by atoms with Crippen molar-refractivity contribution in [2.45, 2.75) is 6.54 Å². The van der Waals surface area contributed by atoms with Gasteiger partial charge in [0.1, 0.15) is 0 Å². The van der Waals surface area contributed by atoms with E-state index in [9.17, 15) is 4.79 Å². The summed E-state index contributed by atoms with van der Waals surface area (Å²) >= 11 is 6.79. The normalized spacial score (nSPS) is 11.0. The Labute approximate surface area is 162 Å². The molecule has 1 aromatic heterocycles. The van der Waals surface area contributed by atoms with E-state index in [2.05, 4.69) is 47.5 Å². The zero-order valence-corrected chi connectivity index (χ0v) is 16.2. The summed E-state index contributed by atoms with van der Waals surface area (Å²) in [6.07, 6.45) is 3.36. The van der Waals surface area contributed by atoms with Crippen molar-refractivity contribution in [3.63, 3.8) is 0 Å². The highest BCUT2D eigenvalue weighted by Gasteiger charge is 2.14. The monoisotopic (exact) mass is 460 g/mol. The summed E-state index contributed by atoms with van der Waals surface area (Å²) in [5, 5.41) is 8.29. The average molecular weight is 462 g/mol. The van der Waals surface area contributed by atoms with Gasteiger partial charge in [0.25, 0.3) is 5.91 Å². The maximum Gasteiger partial charge on any atom is 0.293 e. The Morgan fingerprint density at radius 3 is 2.56 bits per heavy atom. The van der Waals surface area contributed by atoms with Crippen LogP contribution >= 0.6 is 31.9 Å². The molecule has 5 nitrogen and oxygen atoms in total. The van der Waals surface area contributed by atoms with Gasteiger partial charge in [0.2, 0.25) is 0 Å². The summed E-state index contributed by atoms with van der Waals surface area (Å²) in [4.78, 5) is 12.2. The lowest BCUT2D eigenvalue weighted by Gasteiger charge is -2.02. The van der Waals surface area contributed by atoms with Gasteiger partial charge < -0.3 is 0 Å². The van der Waals surface area contributed by atoms with Gasteiger partial charge in [-0.15, -0.1) is 0 Å². The van der Waals surface area contributed by atoms with E-state index in [-0.39, 0.29) is 5.91 Å². The topological polar surface area (TPSA) is 59.3 Å². The second kappa shape index (κ2) is 8.22. The van der Waals surface area contributed by atoms with Gasteiger partial charge in [-0.2, -0.15) is 10.2 Å². The molecular weight excluding hydrogens is 448 g/mol. The quantitative estimate of drug-likeness (QED) is 0.456. The fraction of sp³-hybridized carbons (Fsp3) is 0.0556. The van der Waals surface area contributed by atoms with Crippen molar-refractivity contribution in [3.05, 3.63) is 86.6 Å². The summed E-state index contributed by atoms with van der Waals surface area (Å²) < 4.78 is 3.36. The van der Waals surface area contributed by atoms with Crippen molar-refractivity contribution in [3.8, 4) is 0 Å². The molecule has 1 N–H and O–H groups in total. The number of nitrogens with zero attached hydrogens (tertiary/aromatic N) is 3. The fourth-order valence-corrected chi connectivity index (χ4v) is 2.93. The lowest BCUT2D eigenvalue weighted by Crippen LogP contribution is -2.19. The molecule has 0 bridgehead atoms. The van der Waals surface area contributed by atoms with Crippen LogP contribution in [0.1, 0.15) is 21.6 Å². The van der Waals surface area contributed by atoms with Crippen molar-refractivity contribution in [2.24, 2.45) is 5.10 Å². The van der Waals surface area contributed by atoms with Crippen molar-refractivity contribution < 1.29 is 4.79 Å². The van der Waals surface area contributed by atoms with E-state index in [1.165, 1.54) is 0 Å². The predicted octanol–water partition coefficient (Wildman–Crippen LogP) is 4.22. The first-order valence-corrected chi connectivity index (χ1v) is 9.06. The van der Waals surface area contributed by atoms with Crippen LogP contribution in [0.25, 0.3) is 0 Å². The minimum Gasteiger partial charge on any atom is -0.266 e. The van der Waals surface area contributed by atoms with E-state index in [1.807, 2.05) is 54.6 Å². The third-order valence-corrected chi connectivity index (χ3v) is 4.48. The fourth-order valence-electron chi connectivity index (χ4n) is 2.17. The van der Waals surface area contributed by atoms with Crippen molar-refractivity contribution >= 4 is 44.0 Å². The molecule has 2 aromatic carbocycles. The molecule has 0 aliphatic carbocycles. The van der Waals surface area contributed by atoms with Gasteiger partial charge in [0.05, 0.1) is 17.2 Å². The number of hydrogen-bond acceptors (Lipinski definition) is 3. The van der Waals surface area contributed by atoms with Crippen molar-refractivity contribution in [1.82, 2.24) is 15.2 Å². The van der Waals surface area contributed by atoms with Crippen LogP contribution in [0.2, 0.25) is 0 Å². The van der Waals surface area contributed by atoms with Crippen LogP contribution < -0.4 is 5.43 Å². The third-order valence-electron chi connectivity index (χ3n) is 3.37. The second-order valence-corrected chi connectivity index (χ2v) is 7.03. The summed E-state index contributed by atoms with van der Waals surface area (Å²) in [5.41, 5.74) is 4.78. The molecule has 0 saturated carbocycles. The highest BCUT2D eigenvalue weighted by atomic mass is 79.9. The number of halogens is 2. The molecule has 0 radical (unpaired) electrons. The number of carbonyl (C=O) groups is 1. The Morgan fingerprint density at radius 1 is 1.12 bits per heavy atom. The van der Waals surface area contributed by atoms with E-state index in [0.29, 0.717) is 16.7 Å². The third kappa shape index (κ3) is 4.87. The highest BCUT2D eigenvalue weighted by Crippen LogP contribution is 2.17. The lowest BCUT2D eigenvalue weighted by molar-refractivity contribution is 0.0948. The molecular formula is C18H14Br2N4O. The van der Waals surface area contributed by atoms with Gasteiger partial charge in [-0.1, -0.05) is 58.4 Å². The zero-order valence-electron chi connectivity index (χ0n) is 13.1. The highest BCUT2D eigenvalue weighted by molar-refractivity contribution is 9.10. The van der Waals surface area contributed by atoms with Crippen LogP contribution in [-0.2, 0) is 6.54 Å². The minimum atomic E-state index is -0.367. The Bertz CT molecular complexity index is 889. The molecule has 126 valence electrons. The van der Waals surface area contributed by atoms with Gasteiger partial charge >= 0.3 is 0 Å². The molecule has 0 spiro atoms. The molecule has 1 heterocycles. The van der Waals surface area contributed by atoms with E-state index in [1.54, 1.807) is 17.1 Å². The molecule has 0 aliphatic rings. The van der Waals surface area contributed by atoms with Crippen LogP contribution in [0.5, 0.6) is 0 Å². The van der Waals surface area contributed by atoms with Crippen LogP contribution in [-0.4, -0.2) is 21.9 Å². The average Bonchev–Trinajstić information content (AvgIpc) is 2.98. The standard InChI is InChI=1S/C18H14Br2N4O/c19-15-8-6-14(7-9-15)11-24-12-16(20)17(23-24)18(25)22-21-10-13-4-2-1-3-5-13/h1-10,12H,11H2,(H,22,25)/b21-10-. The largest absolute Gasteiger partial charge is 0.293 e. The molecule has 3 rings (SSSR count). The van der Waals surface area contributed by atoms with Crippen LogP contribution in [0, 0.1) is 0 Å². The Hall–Kier alpha value is -2.25. The first-order chi connectivity index (χ1) is 12.1. The number of carbonyl (C=O) groups excluding carboxylic acids is 1. The van der Waals surface area contributed by atoms with E-state index in [4.69, 9.17) is 0 Å². The smallest absolute Gasteiger partial charge is 0.266 e. The Morgan fingerprint density at radius 2 is 1.84 bits per heavy atom. The maximum absolute atomic E-state index is 12.2. The first kappa shape index (κ1) is 17.6. The molecule has 0 fully saturated rings. The molecule has 0 unspecified atom stereocenters.